The summed E-state index contributed by atoms with van der Waals surface area (Å²) in [6.45, 7) is 0. The standard InChI is InChI=1S/C14H11ClN4O3S/c15-14-12(19-8-2-1-3-13(19)17-14)9-16-18-10-4-6-11(7-5-10)23(20,21)22/h1-9,18H,(H,20,21,22)/b16-9-. The second-order valence-electron chi connectivity index (χ2n) is 4.59. The lowest BCUT2D eigenvalue weighted by atomic mass is 10.3. The number of benzene rings is 1. The molecule has 0 saturated carbocycles. The fourth-order valence-electron chi connectivity index (χ4n) is 1.97. The van der Waals surface area contributed by atoms with Crippen LogP contribution in [0.5, 0.6) is 0 Å². The molecule has 2 aromatic heterocycles. The quantitative estimate of drug-likeness (QED) is 0.428. The molecular formula is C14H11ClN4O3S. The van der Waals surface area contributed by atoms with E-state index in [9.17, 15) is 8.42 Å². The third-order valence-electron chi connectivity index (χ3n) is 3.05. The van der Waals surface area contributed by atoms with E-state index in [-0.39, 0.29) is 4.90 Å². The molecule has 0 atom stereocenters. The lowest BCUT2D eigenvalue weighted by Crippen LogP contribution is -1.98. The number of anilines is 1. The first-order valence-corrected chi connectivity index (χ1v) is 8.26. The Bertz CT molecular complexity index is 981. The molecule has 0 unspecified atom stereocenters. The zero-order chi connectivity index (χ0) is 16.4. The van der Waals surface area contributed by atoms with Crippen LogP contribution < -0.4 is 5.43 Å². The van der Waals surface area contributed by atoms with Gasteiger partial charge >= 0.3 is 0 Å². The number of pyridine rings is 1. The highest BCUT2D eigenvalue weighted by atomic mass is 35.5. The minimum absolute atomic E-state index is 0.183. The lowest BCUT2D eigenvalue weighted by Gasteiger charge is -2.01. The van der Waals surface area contributed by atoms with Gasteiger partial charge in [0.05, 0.1) is 16.8 Å². The van der Waals surface area contributed by atoms with Crippen molar-refractivity contribution in [1.29, 1.82) is 0 Å². The molecule has 3 aromatic rings. The molecule has 7 nitrogen and oxygen atoms in total. The van der Waals surface area contributed by atoms with Gasteiger partial charge in [0.25, 0.3) is 10.1 Å². The van der Waals surface area contributed by atoms with Gasteiger partial charge in [-0.15, -0.1) is 0 Å². The van der Waals surface area contributed by atoms with Crippen LogP contribution in [0.3, 0.4) is 0 Å². The predicted octanol–water partition coefficient (Wildman–Crippen LogP) is 2.68. The van der Waals surface area contributed by atoms with Gasteiger partial charge < -0.3 is 0 Å². The molecule has 3 rings (SSSR count). The maximum Gasteiger partial charge on any atom is 0.294 e. The maximum atomic E-state index is 11.0. The van der Waals surface area contributed by atoms with Gasteiger partial charge in [0, 0.05) is 6.20 Å². The van der Waals surface area contributed by atoms with Crippen molar-refractivity contribution in [3.63, 3.8) is 0 Å². The lowest BCUT2D eigenvalue weighted by molar-refractivity contribution is 0.483. The van der Waals surface area contributed by atoms with Crippen molar-refractivity contribution in [1.82, 2.24) is 9.38 Å². The Morgan fingerprint density at radius 1 is 1.22 bits per heavy atom. The molecular weight excluding hydrogens is 340 g/mol. The number of halogens is 1. The Kier molecular flexibility index (Phi) is 4.03. The summed E-state index contributed by atoms with van der Waals surface area (Å²) in [6.07, 6.45) is 3.33. The molecule has 0 aliphatic heterocycles. The van der Waals surface area contributed by atoms with Gasteiger partial charge in [-0.05, 0) is 36.4 Å². The van der Waals surface area contributed by atoms with Crippen LogP contribution in [0.1, 0.15) is 5.69 Å². The first-order chi connectivity index (χ1) is 10.9. The summed E-state index contributed by atoms with van der Waals surface area (Å²) >= 11 is 6.07. The van der Waals surface area contributed by atoms with E-state index in [1.54, 1.807) is 4.40 Å². The third-order valence-corrected chi connectivity index (χ3v) is 4.20. The Morgan fingerprint density at radius 2 is 1.96 bits per heavy atom. The fraction of sp³-hybridized carbons (Fsp3) is 0. The van der Waals surface area contributed by atoms with Crippen molar-refractivity contribution in [2.24, 2.45) is 5.10 Å². The van der Waals surface area contributed by atoms with E-state index in [0.717, 1.165) is 0 Å². The summed E-state index contributed by atoms with van der Waals surface area (Å²) in [5, 5.41) is 4.38. The number of imidazole rings is 1. The van der Waals surface area contributed by atoms with Crippen LogP contribution in [-0.4, -0.2) is 28.6 Å². The molecule has 2 N–H and O–H groups in total. The van der Waals surface area contributed by atoms with Crippen LogP contribution in [0, 0.1) is 0 Å². The van der Waals surface area contributed by atoms with Crippen LogP contribution in [-0.2, 0) is 10.1 Å². The molecule has 0 spiro atoms. The molecule has 2 heterocycles. The summed E-state index contributed by atoms with van der Waals surface area (Å²) in [5.74, 6) is 0. The number of hydrazone groups is 1. The number of rotatable bonds is 4. The minimum atomic E-state index is -4.20. The SMILES string of the molecule is O=S(=O)(O)c1ccc(N/N=C\c2c(Cl)nc3ccccn23)cc1. The first kappa shape index (κ1) is 15.5. The van der Waals surface area contributed by atoms with Gasteiger partial charge in [0.1, 0.15) is 11.3 Å². The summed E-state index contributed by atoms with van der Waals surface area (Å²) in [4.78, 5) is 4.01. The smallest absolute Gasteiger partial charge is 0.294 e. The van der Waals surface area contributed by atoms with E-state index in [0.29, 0.717) is 22.2 Å². The summed E-state index contributed by atoms with van der Waals surface area (Å²) in [7, 11) is -4.20. The van der Waals surface area contributed by atoms with Gasteiger partial charge in [0.15, 0.2) is 5.15 Å². The number of hydrogen-bond donors (Lipinski definition) is 2. The van der Waals surface area contributed by atoms with Crippen LogP contribution in [0.4, 0.5) is 5.69 Å². The zero-order valence-electron chi connectivity index (χ0n) is 11.6. The summed E-state index contributed by atoms with van der Waals surface area (Å²) in [6, 6.07) is 11.0. The Labute approximate surface area is 137 Å². The molecule has 0 saturated heterocycles. The van der Waals surface area contributed by atoms with Gasteiger partial charge in [-0.3, -0.25) is 14.4 Å². The van der Waals surface area contributed by atoms with Gasteiger partial charge in [-0.25, -0.2) is 4.98 Å². The van der Waals surface area contributed by atoms with E-state index < -0.39 is 10.1 Å². The number of nitrogens with zero attached hydrogens (tertiary/aromatic N) is 3. The molecule has 118 valence electrons. The highest BCUT2D eigenvalue weighted by Crippen LogP contribution is 2.16. The van der Waals surface area contributed by atoms with Gasteiger partial charge in [-0.2, -0.15) is 13.5 Å². The zero-order valence-corrected chi connectivity index (χ0v) is 13.2. The highest BCUT2D eigenvalue weighted by Gasteiger charge is 2.09. The largest absolute Gasteiger partial charge is 0.297 e. The second-order valence-corrected chi connectivity index (χ2v) is 6.37. The van der Waals surface area contributed by atoms with E-state index >= 15 is 0 Å². The molecule has 23 heavy (non-hydrogen) atoms. The number of aromatic nitrogens is 2. The Morgan fingerprint density at radius 3 is 2.65 bits per heavy atom. The average Bonchev–Trinajstić information content (AvgIpc) is 2.83. The van der Waals surface area contributed by atoms with Crippen molar-refractivity contribution < 1.29 is 13.0 Å². The predicted molar refractivity (Wildman–Crippen MR) is 87.7 cm³/mol. The molecule has 0 bridgehead atoms. The summed E-state index contributed by atoms with van der Waals surface area (Å²) in [5.41, 5.74) is 4.62. The Balaban J connectivity index is 1.79. The monoisotopic (exact) mass is 350 g/mol. The number of nitrogens with one attached hydrogen (secondary N) is 1. The molecule has 0 fully saturated rings. The molecule has 0 radical (unpaired) electrons. The fourth-order valence-corrected chi connectivity index (χ4v) is 2.68. The molecule has 1 aromatic carbocycles. The molecule has 9 heteroatoms. The van der Waals surface area contributed by atoms with Crippen LogP contribution in [0.25, 0.3) is 5.65 Å². The van der Waals surface area contributed by atoms with Crippen LogP contribution >= 0.6 is 11.6 Å². The molecule has 0 aliphatic rings. The van der Waals surface area contributed by atoms with Crippen molar-refractivity contribution in [3.8, 4) is 0 Å². The van der Waals surface area contributed by atoms with E-state index in [1.165, 1.54) is 30.5 Å². The molecule has 0 aliphatic carbocycles. The van der Waals surface area contributed by atoms with E-state index in [2.05, 4.69) is 15.5 Å². The molecule has 0 amide bonds. The van der Waals surface area contributed by atoms with Gasteiger partial charge in [0.2, 0.25) is 0 Å². The second kappa shape index (κ2) is 5.99. The number of fused-ring (bicyclic) bond motifs is 1. The Hall–Kier alpha value is -2.42. The van der Waals surface area contributed by atoms with Crippen LogP contribution in [0.15, 0.2) is 58.7 Å². The summed E-state index contributed by atoms with van der Waals surface area (Å²) < 4.78 is 32.6. The van der Waals surface area contributed by atoms with Gasteiger partial charge in [-0.1, -0.05) is 17.7 Å². The van der Waals surface area contributed by atoms with E-state index in [4.69, 9.17) is 16.2 Å². The van der Waals surface area contributed by atoms with Crippen molar-refractivity contribution in [3.05, 3.63) is 59.5 Å². The first-order valence-electron chi connectivity index (χ1n) is 6.44. The highest BCUT2D eigenvalue weighted by molar-refractivity contribution is 7.85. The van der Waals surface area contributed by atoms with E-state index in [1.807, 2.05) is 24.4 Å². The van der Waals surface area contributed by atoms with Crippen molar-refractivity contribution in [2.75, 3.05) is 5.43 Å². The maximum absolute atomic E-state index is 11.0. The normalized spacial score (nSPS) is 12.1. The van der Waals surface area contributed by atoms with Crippen molar-refractivity contribution >= 4 is 39.3 Å². The third kappa shape index (κ3) is 3.34. The van der Waals surface area contributed by atoms with Crippen LogP contribution in [0.2, 0.25) is 5.15 Å². The number of hydrogen-bond acceptors (Lipinski definition) is 5. The average molecular weight is 351 g/mol. The minimum Gasteiger partial charge on any atom is -0.297 e. The topological polar surface area (TPSA) is 96.1 Å². The van der Waals surface area contributed by atoms with Crippen molar-refractivity contribution in [2.45, 2.75) is 4.90 Å².